The van der Waals surface area contributed by atoms with Gasteiger partial charge in [0.1, 0.15) is 0 Å². The van der Waals surface area contributed by atoms with E-state index in [0.29, 0.717) is 11.4 Å². The standard InChI is InChI=1S/C7H14N2OS2/c1-5(7(8)11)9-6(10)3-4-12-2/h5H,3-4H2,1-2H3,(H2,8,11)(H,9,10). The van der Waals surface area contributed by atoms with Gasteiger partial charge in [0.05, 0.1) is 11.0 Å². The van der Waals surface area contributed by atoms with Gasteiger partial charge in [0.25, 0.3) is 0 Å². The van der Waals surface area contributed by atoms with E-state index in [1.807, 2.05) is 6.26 Å². The van der Waals surface area contributed by atoms with Gasteiger partial charge < -0.3 is 11.1 Å². The Hall–Kier alpha value is -0.290. The Morgan fingerprint density at radius 1 is 1.75 bits per heavy atom. The van der Waals surface area contributed by atoms with Crippen molar-refractivity contribution in [2.24, 2.45) is 5.73 Å². The van der Waals surface area contributed by atoms with Crippen LogP contribution in [-0.4, -0.2) is 28.9 Å². The Labute approximate surface area is 82.5 Å². The second-order valence-electron chi connectivity index (χ2n) is 2.43. The molecular weight excluding hydrogens is 192 g/mol. The molecule has 0 fully saturated rings. The summed E-state index contributed by atoms with van der Waals surface area (Å²) in [5.74, 6) is 0.834. The average Bonchev–Trinajstić information content (AvgIpc) is 2.00. The summed E-state index contributed by atoms with van der Waals surface area (Å²) in [4.78, 5) is 11.4. The van der Waals surface area contributed by atoms with Crippen molar-refractivity contribution in [1.29, 1.82) is 0 Å². The van der Waals surface area contributed by atoms with Crippen LogP contribution < -0.4 is 11.1 Å². The van der Waals surface area contributed by atoms with Crippen LogP contribution in [0.15, 0.2) is 0 Å². The first-order chi connectivity index (χ1) is 5.57. The number of hydrogen-bond acceptors (Lipinski definition) is 3. The average molecular weight is 206 g/mol. The molecule has 3 nitrogen and oxygen atoms in total. The molecule has 12 heavy (non-hydrogen) atoms. The van der Waals surface area contributed by atoms with Crippen molar-refractivity contribution in [3.8, 4) is 0 Å². The lowest BCUT2D eigenvalue weighted by Gasteiger charge is -2.11. The van der Waals surface area contributed by atoms with Gasteiger partial charge in [-0.3, -0.25) is 4.79 Å². The Morgan fingerprint density at radius 3 is 2.75 bits per heavy atom. The van der Waals surface area contributed by atoms with Crippen LogP contribution in [0.5, 0.6) is 0 Å². The summed E-state index contributed by atoms with van der Waals surface area (Å²) >= 11 is 6.35. The Kier molecular flexibility index (Phi) is 6.10. The second-order valence-corrected chi connectivity index (χ2v) is 3.89. The molecule has 0 saturated heterocycles. The quantitative estimate of drug-likeness (QED) is 0.644. The number of nitrogens with two attached hydrogens (primary N) is 1. The minimum atomic E-state index is -0.200. The molecule has 0 aliphatic rings. The van der Waals surface area contributed by atoms with Crippen LogP contribution in [0.2, 0.25) is 0 Å². The Morgan fingerprint density at radius 2 is 2.33 bits per heavy atom. The third-order valence-electron chi connectivity index (χ3n) is 1.34. The zero-order chi connectivity index (χ0) is 9.56. The van der Waals surface area contributed by atoms with Crippen LogP contribution in [0.1, 0.15) is 13.3 Å². The minimum absolute atomic E-state index is 0.00431. The molecule has 0 aliphatic carbocycles. The van der Waals surface area contributed by atoms with Gasteiger partial charge in [-0.05, 0) is 13.2 Å². The zero-order valence-corrected chi connectivity index (χ0v) is 8.93. The van der Waals surface area contributed by atoms with Gasteiger partial charge in [-0.2, -0.15) is 11.8 Å². The first-order valence-corrected chi connectivity index (χ1v) is 5.45. The number of thioether (sulfide) groups is 1. The predicted molar refractivity (Wildman–Crippen MR) is 57.4 cm³/mol. The van der Waals surface area contributed by atoms with Crippen molar-refractivity contribution in [3.05, 3.63) is 0 Å². The fourth-order valence-corrected chi connectivity index (χ4v) is 1.03. The maximum absolute atomic E-state index is 11.1. The van der Waals surface area contributed by atoms with Crippen LogP contribution in [0.25, 0.3) is 0 Å². The van der Waals surface area contributed by atoms with Crippen molar-refractivity contribution >= 4 is 34.9 Å². The summed E-state index contributed by atoms with van der Waals surface area (Å²) in [7, 11) is 0. The highest BCUT2D eigenvalue weighted by Gasteiger charge is 2.07. The zero-order valence-electron chi connectivity index (χ0n) is 7.29. The molecule has 0 aliphatic heterocycles. The summed E-state index contributed by atoms with van der Waals surface area (Å²) in [5.41, 5.74) is 5.32. The van der Waals surface area contributed by atoms with Crippen molar-refractivity contribution in [3.63, 3.8) is 0 Å². The van der Waals surface area contributed by atoms with Crippen LogP contribution in [-0.2, 0) is 4.79 Å². The molecule has 0 saturated carbocycles. The molecular formula is C7H14N2OS2. The lowest BCUT2D eigenvalue weighted by Crippen LogP contribution is -2.41. The van der Waals surface area contributed by atoms with Crippen LogP contribution in [0.3, 0.4) is 0 Å². The topological polar surface area (TPSA) is 55.1 Å². The van der Waals surface area contributed by atoms with Gasteiger partial charge in [0, 0.05) is 12.2 Å². The lowest BCUT2D eigenvalue weighted by atomic mass is 10.3. The van der Waals surface area contributed by atoms with Crippen molar-refractivity contribution < 1.29 is 4.79 Å². The molecule has 3 N–H and O–H groups in total. The fraction of sp³-hybridized carbons (Fsp3) is 0.714. The fourth-order valence-electron chi connectivity index (χ4n) is 0.580. The molecule has 0 aromatic heterocycles. The van der Waals surface area contributed by atoms with E-state index in [2.05, 4.69) is 5.32 Å². The van der Waals surface area contributed by atoms with Gasteiger partial charge >= 0.3 is 0 Å². The largest absolute Gasteiger partial charge is 0.392 e. The van der Waals surface area contributed by atoms with Crippen molar-refractivity contribution in [1.82, 2.24) is 5.32 Å². The molecule has 0 aromatic carbocycles. The molecule has 70 valence electrons. The Bertz CT molecular complexity index is 173. The monoisotopic (exact) mass is 206 g/mol. The van der Waals surface area contributed by atoms with Gasteiger partial charge in [-0.1, -0.05) is 12.2 Å². The van der Waals surface area contributed by atoms with Crippen LogP contribution in [0.4, 0.5) is 0 Å². The van der Waals surface area contributed by atoms with E-state index in [-0.39, 0.29) is 11.9 Å². The van der Waals surface area contributed by atoms with Crippen LogP contribution in [0, 0.1) is 0 Å². The van der Waals surface area contributed by atoms with Crippen molar-refractivity contribution in [2.45, 2.75) is 19.4 Å². The third-order valence-corrected chi connectivity index (χ3v) is 2.30. The number of nitrogens with one attached hydrogen (secondary N) is 1. The molecule has 0 rings (SSSR count). The highest BCUT2D eigenvalue weighted by molar-refractivity contribution is 7.98. The molecule has 0 heterocycles. The summed E-state index contributed by atoms with van der Waals surface area (Å²) in [6, 6.07) is -0.200. The van der Waals surface area contributed by atoms with E-state index >= 15 is 0 Å². The number of amides is 1. The highest BCUT2D eigenvalue weighted by Crippen LogP contribution is 1.95. The second kappa shape index (κ2) is 6.25. The molecule has 1 amide bonds. The molecule has 0 radical (unpaired) electrons. The molecule has 0 spiro atoms. The number of thiocarbonyl (C=S) groups is 1. The van der Waals surface area contributed by atoms with E-state index < -0.39 is 0 Å². The number of hydrogen-bond donors (Lipinski definition) is 2. The van der Waals surface area contributed by atoms with Gasteiger partial charge in [-0.25, -0.2) is 0 Å². The van der Waals surface area contributed by atoms with E-state index in [1.54, 1.807) is 18.7 Å². The lowest BCUT2D eigenvalue weighted by molar-refractivity contribution is -0.120. The third kappa shape index (κ3) is 5.37. The normalized spacial score (nSPS) is 12.2. The van der Waals surface area contributed by atoms with Gasteiger partial charge in [-0.15, -0.1) is 0 Å². The number of carbonyl (C=O) groups excluding carboxylic acids is 1. The summed E-state index contributed by atoms with van der Waals surface area (Å²) < 4.78 is 0. The SMILES string of the molecule is CSCCC(=O)NC(C)C(N)=S. The first kappa shape index (κ1) is 11.7. The molecule has 0 bridgehead atoms. The minimum Gasteiger partial charge on any atom is -0.392 e. The maximum Gasteiger partial charge on any atom is 0.221 e. The van der Waals surface area contributed by atoms with E-state index in [4.69, 9.17) is 18.0 Å². The summed E-state index contributed by atoms with van der Waals surface area (Å²) in [6.07, 6.45) is 2.48. The highest BCUT2D eigenvalue weighted by atomic mass is 32.2. The molecule has 5 heteroatoms. The van der Waals surface area contributed by atoms with Gasteiger partial charge in [0.2, 0.25) is 5.91 Å². The van der Waals surface area contributed by atoms with E-state index in [9.17, 15) is 4.79 Å². The number of carbonyl (C=O) groups is 1. The summed E-state index contributed by atoms with van der Waals surface area (Å²) in [5, 5.41) is 2.70. The predicted octanol–water partition coefficient (Wildman–Crippen LogP) is 0.530. The molecule has 0 aromatic rings. The van der Waals surface area contributed by atoms with E-state index in [0.717, 1.165) is 5.75 Å². The van der Waals surface area contributed by atoms with Gasteiger partial charge in [0.15, 0.2) is 0 Å². The maximum atomic E-state index is 11.1. The Balaban J connectivity index is 3.61. The number of rotatable bonds is 5. The van der Waals surface area contributed by atoms with Crippen molar-refractivity contribution in [2.75, 3.05) is 12.0 Å². The van der Waals surface area contributed by atoms with E-state index in [1.165, 1.54) is 0 Å². The molecule has 1 unspecified atom stereocenters. The summed E-state index contributed by atoms with van der Waals surface area (Å²) in [6.45, 7) is 1.78. The molecule has 1 atom stereocenters. The first-order valence-electron chi connectivity index (χ1n) is 3.65. The smallest absolute Gasteiger partial charge is 0.221 e. The van der Waals surface area contributed by atoms with Crippen LogP contribution >= 0.6 is 24.0 Å².